The van der Waals surface area contributed by atoms with E-state index < -0.39 is 5.91 Å². The third-order valence-electron chi connectivity index (χ3n) is 3.17. The van der Waals surface area contributed by atoms with Gasteiger partial charge < -0.3 is 10.4 Å². The number of nitrogens with zero attached hydrogens (tertiary/aromatic N) is 1. The lowest BCUT2D eigenvalue weighted by Gasteiger charge is -2.09. The van der Waals surface area contributed by atoms with Crippen LogP contribution in [0.15, 0.2) is 35.9 Å². The van der Waals surface area contributed by atoms with Gasteiger partial charge in [0.05, 0.1) is 3.57 Å². The number of hydrogen-bond donors (Lipinski definition) is 2. The zero-order chi connectivity index (χ0) is 17.9. The number of nitriles is 1. The molecule has 1 amide bonds. The number of nitrogens with one attached hydrogen (secondary N) is 1. The molecule has 0 aromatic heterocycles. The molecule has 122 valence electrons. The van der Waals surface area contributed by atoms with Gasteiger partial charge in [-0.1, -0.05) is 17.7 Å². The van der Waals surface area contributed by atoms with Crippen molar-refractivity contribution in [2.75, 3.05) is 5.32 Å². The van der Waals surface area contributed by atoms with E-state index in [0.717, 1.165) is 9.13 Å². The van der Waals surface area contributed by atoms with E-state index in [9.17, 15) is 15.2 Å². The maximum Gasteiger partial charge on any atom is 0.266 e. The lowest BCUT2D eigenvalue weighted by Crippen LogP contribution is -2.14. The van der Waals surface area contributed by atoms with Crippen LogP contribution in [0.2, 0.25) is 5.02 Å². The van der Waals surface area contributed by atoms with Crippen LogP contribution in [0.1, 0.15) is 11.1 Å². The van der Waals surface area contributed by atoms with E-state index >= 15 is 0 Å². The zero-order valence-electron chi connectivity index (χ0n) is 12.4. The largest absolute Gasteiger partial charge is 0.506 e. The lowest BCUT2D eigenvalue weighted by molar-refractivity contribution is -0.112. The lowest BCUT2D eigenvalue weighted by atomic mass is 10.1. The third kappa shape index (κ3) is 4.62. The molecule has 0 unspecified atom stereocenters. The summed E-state index contributed by atoms with van der Waals surface area (Å²) in [6, 6.07) is 10.5. The summed E-state index contributed by atoms with van der Waals surface area (Å²) in [6.45, 7) is 1.83. The van der Waals surface area contributed by atoms with Crippen LogP contribution < -0.4 is 5.32 Å². The van der Waals surface area contributed by atoms with E-state index in [1.165, 1.54) is 6.08 Å². The summed E-state index contributed by atoms with van der Waals surface area (Å²) >= 11 is 10.0. The van der Waals surface area contributed by atoms with Gasteiger partial charge in [0.2, 0.25) is 0 Å². The Labute approximate surface area is 171 Å². The Morgan fingerprint density at radius 2 is 2.04 bits per heavy atom. The molecule has 0 aliphatic heterocycles. The summed E-state index contributed by atoms with van der Waals surface area (Å²) in [4.78, 5) is 12.4. The first-order valence-corrected chi connectivity index (χ1v) is 9.22. The summed E-state index contributed by atoms with van der Waals surface area (Å²) in [6.07, 6.45) is 1.37. The second-order valence-electron chi connectivity index (χ2n) is 4.91. The second-order valence-corrected chi connectivity index (χ2v) is 7.75. The van der Waals surface area contributed by atoms with Gasteiger partial charge in [0, 0.05) is 19.8 Å². The van der Waals surface area contributed by atoms with Gasteiger partial charge in [-0.2, -0.15) is 5.26 Å². The molecular formula is C17H11ClI2N2O2. The molecule has 0 aliphatic rings. The van der Waals surface area contributed by atoms with Crippen LogP contribution in [0.3, 0.4) is 0 Å². The van der Waals surface area contributed by atoms with Gasteiger partial charge in [0.1, 0.15) is 17.4 Å². The molecule has 0 radical (unpaired) electrons. The Hall–Kier alpha value is -1.31. The fourth-order valence-electron chi connectivity index (χ4n) is 1.92. The average Bonchev–Trinajstić information content (AvgIpc) is 2.52. The Bertz CT molecular complexity index is 889. The van der Waals surface area contributed by atoms with Crippen molar-refractivity contribution >= 4 is 74.5 Å². The SMILES string of the molecule is Cc1ccc(Cl)cc1NC(=O)/C(C#N)=C/c1cc(I)cc(I)c1O. The maximum atomic E-state index is 12.4. The van der Waals surface area contributed by atoms with Crippen molar-refractivity contribution in [2.45, 2.75) is 6.92 Å². The van der Waals surface area contributed by atoms with Gasteiger partial charge in [-0.3, -0.25) is 4.79 Å². The van der Waals surface area contributed by atoms with Crippen molar-refractivity contribution in [3.8, 4) is 11.8 Å². The Morgan fingerprint density at radius 1 is 1.33 bits per heavy atom. The van der Waals surface area contributed by atoms with E-state index in [1.807, 2.05) is 35.6 Å². The summed E-state index contributed by atoms with van der Waals surface area (Å²) in [7, 11) is 0. The number of carbonyl (C=O) groups excluding carboxylic acids is 1. The number of benzene rings is 2. The average molecular weight is 565 g/mol. The van der Waals surface area contributed by atoms with Crippen LogP contribution in [0.4, 0.5) is 5.69 Å². The van der Waals surface area contributed by atoms with E-state index in [2.05, 4.69) is 27.9 Å². The molecule has 0 spiro atoms. The number of aryl methyl sites for hydroxylation is 1. The quantitative estimate of drug-likeness (QED) is 0.309. The molecule has 0 saturated heterocycles. The first kappa shape index (κ1) is 19.0. The minimum Gasteiger partial charge on any atom is -0.506 e. The Morgan fingerprint density at radius 3 is 2.71 bits per heavy atom. The number of anilines is 1. The maximum absolute atomic E-state index is 12.4. The fraction of sp³-hybridized carbons (Fsp3) is 0.0588. The minimum absolute atomic E-state index is 0.0375. The molecule has 0 atom stereocenters. The highest BCUT2D eigenvalue weighted by atomic mass is 127. The Balaban J connectivity index is 2.36. The van der Waals surface area contributed by atoms with E-state index in [0.29, 0.717) is 19.8 Å². The van der Waals surface area contributed by atoms with Crippen LogP contribution in [0.25, 0.3) is 6.08 Å². The second kappa shape index (κ2) is 8.18. The van der Waals surface area contributed by atoms with Crippen molar-refractivity contribution < 1.29 is 9.90 Å². The van der Waals surface area contributed by atoms with Crippen molar-refractivity contribution in [1.29, 1.82) is 5.26 Å². The summed E-state index contributed by atoms with van der Waals surface area (Å²) < 4.78 is 1.54. The van der Waals surface area contributed by atoms with Gasteiger partial charge in [-0.05, 0) is 88.0 Å². The van der Waals surface area contributed by atoms with Crippen LogP contribution in [0, 0.1) is 25.4 Å². The summed E-state index contributed by atoms with van der Waals surface area (Å²) in [5.74, 6) is -0.522. The highest BCUT2D eigenvalue weighted by Gasteiger charge is 2.13. The molecule has 0 bridgehead atoms. The molecule has 2 aromatic carbocycles. The Kier molecular flexibility index (Phi) is 6.48. The monoisotopic (exact) mass is 564 g/mol. The normalized spacial score (nSPS) is 11.0. The predicted molar refractivity (Wildman–Crippen MR) is 112 cm³/mol. The van der Waals surface area contributed by atoms with Gasteiger partial charge in [0.25, 0.3) is 5.91 Å². The number of amides is 1. The number of rotatable bonds is 3. The van der Waals surface area contributed by atoms with Gasteiger partial charge >= 0.3 is 0 Å². The van der Waals surface area contributed by atoms with Crippen molar-refractivity contribution in [3.05, 3.63) is 59.2 Å². The molecule has 2 N–H and O–H groups in total. The number of phenolic OH excluding ortho intramolecular Hbond substituents is 1. The van der Waals surface area contributed by atoms with Crippen molar-refractivity contribution in [3.63, 3.8) is 0 Å². The van der Waals surface area contributed by atoms with Gasteiger partial charge in [0.15, 0.2) is 0 Å². The number of halogens is 3. The molecule has 0 saturated carbocycles. The van der Waals surface area contributed by atoms with Crippen LogP contribution in [-0.2, 0) is 4.79 Å². The molecule has 24 heavy (non-hydrogen) atoms. The first-order valence-electron chi connectivity index (χ1n) is 6.69. The number of phenols is 1. The minimum atomic E-state index is -0.559. The van der Waals surface area contributed by atoms with Gasteiger partial charge in [-0.25, -0.2) is 0 Å². The van der Waals surface area contributed by atoms with E-state index in [-0.39, 0.29) is 11.3 Å². The molecule has 2 aromatic rings. The first-order chi connectivity index (χ1) is 11.3. The highest BCUT2D eigenvalue weighted by Crippen LogP contribution is 2.29. The van der Waals surface area contributed by atoms with Crippen LogP contribution in [-0.4, -0.2) is 11.0 Å². The molecule has 0 aliphatic carbocycles. The fourth-order valence-corrected chi connectivity index (χ4v) is 3.98. The number of aromatic hydroxyl groups is 1. The molecule has 7 heteroatoms. The molecule has 0 fully saturated rings. The standard InChI is InChI=1S/C17H11ClI2N2O2/c1-9-2-3-12(18)6-15(9)22-17(24)11(8-21)4-10-5-13(19)7-14(20)16(10)23/h2-7,23H,1H3,(H,22,24)/b11-4+. The third-order valence-corrected chi connectivity index (χ3v) is 4.85. The van der Waals surface area contributed by atoms with Gasteiger partial charge in [-0.15, -0.1) is 0 Å². The zero-order valence-corrected chi connectivity index (χ0v) is 17.5. The molecule has 4 nitrogen and oxygen atoms in total. The summed E-state index contributed by atoms with van der Waals surface area (Å²) in [5.41, 5.74) is 1.68. The number of hydrogen-bond acceptors (Lipinski definition) is 3. The molecule has 0 heterocycles. The van der Waals surface area contributed by atoms with Crippen molar-refractivity contribution in [2.24, 2.45) is 0 Å². The van der Waals surface area contributed by atoms with E-state index in [4.69, 9.17) is 11.6 Å². The van der Waals surface area contributed by atoms with Crippen LogP contribution in [0.5, 0.6) is 5.75 Å². The topological polar surface area (TPSA) is 73.1 Å². The number of carbonyl (C=O) groups is 1. The summed E-state index contributed by atoms with van der Waals surface area (Å²) in [5, 5.41) is 22.6. The van der Waals surface area contributed by atoms with E-state index in [1.54, 1.807) is 30.3 Å². The molecular weight excluding hydrogens is 553 g/mol. The molecule has 2 rings (SSSR count). The van der Waals surface area contributed by atoms with Crippen LogP contribution >= 0.6 is 56.8 Å². The smallest absolute Gasteiger partial charge is 0.266 e. The predicted octanol–water partition coefficient (Wildman–Crippen LogP) is 5.11. The van der Waals surface area contributed by atoms with Crippen molar-refractivity contribution in [1.82, 2.24) is 0 Å². The highest BCUT2D eigenvalue weighted by molar-refractivity contribution is 14.1.